The Balaban J connectivity index is 1.33. The average molecular weight is 647 g/mol. The molecule has 8 aromatic carbocycles. The summed E-state index contributed by atoms with van der Waals surface area (Å²) in [6.45, 7) is 5.07. The number of thioether (sulfide) groups is 1. The lowest BCUT2D eigenvalue weighted by atomic mass is 9.64. The Morgan fingerprint density at radius 2 is 0.857 bits per heavy atom. The largest absolute Gasteiger partial charge is 0.118 e. The zero-order chi connectivity index (χ0) is 32.7. The Morgan fingerprint density at radius 3 is 1.33 bits per heavy atom. The van der Waals surface area contributed by atoms with Gasteiger partial charge >= 0.3 is 0 Å². The molecule has 10 rings (SSSR count). The first-order valence-electron chi connectivity index (χ1n) is 17.8. The average Bonchev–Trinajstić information content (AvgIpc) is 3.40. The summed E-state index contributed by atoms with van der Waals surface area (Å²) < 4.78 is 0.270. The van der Waals surface area contributed by atoms with Crippen molar-refractivity contribution < 1.29 is 0 Å². The summed E-state index contributed by atoms with van der Waals surface area (Å²) in [5.74, 6) is 0. The highest BCUT2D eigenvalue weighted by Crippen LogP contribution is 2.63. The van der Waals surface area contributed by atoms with Crippen molar-refractivity contribution in [3.05, 3.63) is 151 Å². The quantitative estimate of drug-likeness (QED) is 0.171. The molecule has 1 fully saturated rings. The second kappa shape index (κ2) is 10.8. The number of hydrogen-bond acceptors (Lipinski definition) is 1. The minimum Gasteiger partial charge on any atom is -0.118 e. The summed E-state index contributed by atoms with van der Waals surface area (Å²) in [6.07, 6.45) is 5.22. The lowest BCUT2D eigenvalue weighted by Crippen LogP contribution is -2.43. The molecule has 1 aliphatic carbocycles. The van der Waals surface area contributed by atoms with Gasteiger partial charge in [-0.05, 0) is 126 Å². The van der Waals surface area contributed by atoms with Crippen LogP contribution in [-0.2, 0) is 5.41 Å². The highest BCUT2D eigenvalue weighted by molar-refractivity contribution is 8.01. The summed E-state index contributed by atoms with van der Waals surface area (Å²) in [4.78, 5) is 1.48. The van der Waals surface area contributed by atoms with E-state index in [1.54, 1.807) is 5.56 Å². The lowest BCUT2D eigenvalue weighted by Gasteiger charge is -2.45. The van der Waals surface area contributed by atoms with E-state index >= 15 is 0 Å². The summed E-state index contributed by atoms with van der Waals surface area (Å²) in [5, 5.41) is 8.00. The van der Waals surface area contributed by atoms with Crippen LogP contribution < -0.4 is 0 Å². The molecule has 0 N–H and O–H groups in total. The molecule has 2 aliphatic rings. The fourth-order valence-corrected chi connectivity index (χ4v) is 11.0. The van der Waals surface area contributed by atoms with E-state index in [9.17, 15) is 0 Å². The maximum absolute atomic E-state index is 2.57. The number of benzene rings is 8. The van der Waals surface area contributed by atoms with Gasteiger partial charge in [0.25, 0.3) is 0 Å². The Morgan fingerprint density at radius 1 is 0.429 bits per heavy atom. The van der Waals surface area contributed by atoms with Gasteiger partial charge in [-0.2, -0.15) is 0 Å². The van der Waals surface area contributed by atoms with Gasteiger partial charge in [0.05, 0.1) is 0 Å². The van der Waals surface area contributed by atoms with Gasteiger partial charge in [-0.15, -0.1) is 11.8 Å². The summed E-state index contributed by atoms with van der Waals surface area (Å²) in [7, 11) is 0. The van der Waals surface area contributed by atoms with Crippen molar-refractivity contribution in [2.24, 2.45) is 0 Å². The third kappa shape index (κ3) is 4.25. The van der Waals surface area contributed by atoms with Gasteiger partial charge in [-0.3, -0.25) is 0 Å². The third-order valence-corrected chi connectivity index (χ3v) is 13.8. The SMILES string of the molecule is CC12CCCCC1(C)c1cc(-c3cc(-c4ccccc4)c4ccc5c(-c6ccccc6)cc(-c6ccccc6)c6ccc3c4c56)ccc1S2. The van der Waals surface area contributed by atoms with Gasteiger partial charge in [0.15, 0.2) is 0 Å². The zero-order valence-corrected chi connectivity index (χ0v) is 28.9. The summed E-state index contributed by atoms with van der Waals surface area (Å²) in [5.41, 5.74) is 12.0. The molecule has 1 heterocycles. The first-order chi connectivity index (χ1) is 24.0. The Kier molecular flexibility index (Phi) is 6.43. The molecule has 0 saturated heterocycles. The second-order valence-electron chi connectivity index (χ2n) is 14.7. The Labute approximate surface area is 293 Å². The molecule has 1 aliphatic heterocycles. The molecule has 236 valence electrons. The maximum Gasteiger partial charge on any atom is 0.0273 e. The molecule has 1 heteroatoms. The van der Waals surface area contributed by atoms with Gasteiger partial charge in [0.1, 0.15) is 0 Å². The van der Waals surface area contributed by atoms with Gasteiger partial charge < -0.3 is 0 Å². The van der Waals surface area contributed by atoms with Crippen LogP contribution in [0.15, 0.2) is 150 Å². The van der Waals surface area contributed by atoms with Crippen molar-refractivity contribution >= 4 is 44.1 Å². The number of rotatable bonds is 4. The van der Waals surface area contributed by atoms with E-state index < -0.39 is 0 Å². The number of hydrogen-bond donors (Lipinski definition) is 0. The van der Waals surface area contributed by atoms with Gasteiger partial charge in [-0.1, -0.05) is 141 Å². The predicted octanol–water partition coefficient (Wildman–Crippen LogP) is 13.9. The van der Waals surface area contributed by atoms with Gasteiger partial charge in [0, 0.05) is 15.1 Å². The van der Waals surface area contributed by atoms with Crippen molar-refractivity contribution in [1.82, 2.24) is 0 Å². The smallest absolute Gasteiger partial charge is 0.0273 e. The van der Waals surface area contributed by atoms with E-state index in [4.69, 9.17) is 0 Å². The van der Waals surface area contributed by atoms with Crippen LogP contribution >= 0.6 is 11.8 Å². The monoisotopic (exact) mass is 646 g/mol. The minimum absolute atomic E-state index is 0.197. The Bertz CT molecular complexity index is 2470. The first-order valence-corrected chi connectivity index (χ1v) is 18.6. The van der Waals surface area contributed by atoms with Crippen molar-refractivity contribution in [3.63, 3.8) is 0 Å². The summed E-state index contributed by atoms with van der Waals surface area (Å²) >= 11 is 2.13. The lowest BCUT2D eigenvalue weighted by molar-refractivity contribution is 0.260. The molecule has 2 atom stereocenters. The molecule has 0 radical (unpaired) electrons. The Hall–Kier alpha value is -4.85. The molecule has 0 spiro atoms. The molecular formula is C48H38S. The summed E-state index contributed by atoms with van der Waals surface area (Å²) in [6, 6.07) is 54.8. The van der Waals surface area contributed by atoms with Crippen LogP contribution in [-0.4, -0.2) is 4.75 Å². The highest BCUT2D eigenvalue weighted by Gasteiger charge is 2.53. The maximum atomic E-state index is 2.57. The predicted molar refractivity (Wildman–Crippen MR) is 212 cm³/mol. The van der Waals surface area contributed by atoms with E-state index in [0.29, 0.717) is 0 Å². The minimum atomic E-state index is 0.197. The van der Waals surface area contributed by atoms with E-state index in [2.05, 4.69) is 171 Å². The van der Waals surface area contributed by atoms with Crippen molar-refractivity contribution in [3.8, 4) is 44.5 Å². The standard InChI is InChI=1S/C48H38S/c1-47-26-12-13-27-48(47,2)49-44-25-20-34(28-43(44)47)42-30-41(33-18-10-5-11-19-33)37-22-21-35-39(31-14-6-3-7-15-31)29-40(32-16-8-4-9-17-32)36-23-24-38(42)46(37)45(35)36/h3-11,14-25,28-30H,12-13,26-27H2,1-2H3. The van der Waals surface area contributed by atoms with Crippen LogP contribution in [0.5, 0.6) is 0 Å². The van der Waals surface area contributed by atoms with Crippen LogP contribution in [0.3, 0.4) is 0 Å². The second-order valence-corrected chi connectivity index (χ2v) is 16.2. The molecule has 0 amide bonds. The van der Waals surface area contributed by atoms with Crippen LogP contribution in [0.2, 0.25) is 0 Å². The van der Waals surface area contributed by atoms with E-state index in [0.717, 1.165) is 0 Å². The molecule has 49 heavy (non-hydrogen) atoms. The molecule has 0 aromatic heterocycles. The molecule has 8 aromatic rings. The first kappa shape index (κ1) is 29.1. The van der Waals surface area contributed by atoms with Crippen LogP contribution in [0, 0.1) is 0 Å². The molecular weight excluding hydrogens is 609 g/mol. The van der Waals surface area contributed by atoms with Gasteiger partial charge in [0.2, 0.25) is 0 Å². The van der Waals surface area contributed by atoms with Gasteiger partial charge in [-0.25, -0.2) is 0 Å². The van der Waals surface area contributed by atoms with E-state index in [1.807, 2.05) is 0 Å². The topological polar surface area (TPSA) is 0 Å². The number of fused-ring (bicyclic) bond motifs is 3. The van der Waals surface area contributed by atoms with E-state index in [1.165, 1.54) is 107 Å². The molecule has 1 saturated carbocycles. The van der Waals surface area contributed by atoms with E-state index in [-0.39, 0.29) is 10.2 Å². The fraction of sp³-hybridized carbons (Fsp3) is 0.167. The van der Waals surface area contributed by atoms with Crippen LogP contribution in [0.4, 0.5) is 0 Å². The molecule has 0 nitrogen and oxygen atoms in total. The van der Waals surface area contributed by atoms with Crippen molar-refractivity contribution in [2.75, 3.05) is 0 Å². The van der Waals surface area contributed by atoms with Crippen LogP contribution in [0.25, 0.3) is 76.8 Å². The molecule has 2 unspecified atom stereocenters. The van der Waals surface area contributed by atoms with Crippen molar-refractivity contribution in [1.29, 1.82) is 0 Å². The zero-order valence-electron chi connectivity index (χ0n) is 28.1. The van der Waals surface area contributed by atoms with Crippen molar-refractivity contribution in [2.45, 2.75) is 54.6 Å². The third-order valence-electron chi connectivity index (χ3n) is 12.1. The normalized spacial score (nSPS) is 20.2. The fourth-order valence-electron chi connectivity index (χ4n) is 9.33. The highest BCUT2D eigenvalue weighted by atomic mass is 32.2. The van der Waals surface area contributed by atoms with Crippen LogP contribution in [0.1, 0.15) is 45.1 Å². The molecule has 0 bridgehead atoms.